The fourth-order valence-corrected chi connectivity index (χ4v) is 2.41. The number of amides is 1. The molecule has 0 bridgehead atoms. The molecule has 0 fully saturated rings. The number of aliphatic hydroxyl groups excluding tert-OH is 1. The highest BCUT2D eigenvalue weighted by Crippen LogP contribution is 2.13. The van der Waals surface area contributed by atoms with Crippen molar-refractivity contribution in [3.63, 3.8) is 0 Å². The third kappa shape index (κ3) is 5.63. The fourth-order valence-electron chi connectivity index (χ4n) is 2.41. The van der Waals surface area contributed by atoms with Gasteiger partial charge < -0.3 is 25.0 Å². The summed E-state index contributed by atoms with van der Waals surface area (Å²) in [5.41, 5.74) is 0.820. The standard InChI is InChI=1S/C16H25BN2O5/c1-4-13(18-17(2)23)15(21)19(14(11-20)16(22)24-3)10-12-8-6-5-7-9-12/h5-9,13-14,18,20,23H,4,10-11H2,1-3H3/t13-,14+/m0/s1. The van der Waals surface area contributed by atoms with Gasteiger partial charge in [0.25, 0.3) is 0 Å². The van der Waals surface area contributed by atoms with Crippen LogP contribution in [0.15, 0.2) is 30.3 Å². The van der Waals surface area contributed by atoms with Crippen molar-refractivity contribution >= 4 is 18.9 Å². The summed E-state index contributed by atoms with van der Waals surface area (Å²) in [5.74, 6) is -1.07. The summed E-state index contributed by atoms with van der Waals surface area (Å²) in [6.07, 6.45) is 0.425. The van der Waals surface area contributed by atoms with Crippen molar-refractivity contribution in [1.29, 1.82) is 0 Å². The van der Waals surface area contributed by atoms with E-state index < -0.39 is 31.7 Å². The molecule has 8 heteroatoms. The Morgan fingerprint density at radius 2 is 1.96 bits per heavy atom. The smallest absolute Gasteiger partial charge is 0.374 e. The summed E-state index contributed by atoms with van der Waals surface area (Å²) >= 11 is 0. The molecule has 0 unspecified atom stereocenters. The highest BCUT2D eigenvalue weighted by atomic mass is 16.5. The van der Waals surface area contributed by atoms with Gasteiger partial charge in [-0.1, -0.05) is 37.3 Å². The summed E-state index contributed by atoms with van der Waals surface area (Å²) in [6.45, 7) is 2.92. The minimum absolute atomic E-state index is 0.151. The van der Waals surface area contributed by atoms with Gasteiger partial charge in [-0.15, -0.1) is 0 Å². The number of esters is 1. The average molecular weight is 336 g/mol. The van der Waals surface area contributed by atoms with E-state index in [9.17, 15) is 19.7 Å². The molecule has 0 aliphatic rings. The van der Waals surface area contributed by atoms with Crippen LogP contribution in [0.25, 0.3) is 0 Å². The molecule has 24 heavy (non-hydrogen) atoms. The van der Waals surface area contributed by atoms with Gasteiger partial charge in [-0.05, 0) is 18.8 Å². The first-order valence-corrected chi connectivity index (χ1v) is 7.91. The van der Waals surface area contributed by atoms with E-state index in [-0.39, 0.29) is 12.5 Å². The zero-order chi connectivity index (χ0) is 18.1. The average Bonchev–Trinajstić information content (AvgIpc) is 2.59. The Balaban J connectivity index is 3.10. The normalized spacial score (nSPS) is 13.0. The predicted molar refractivity (Wildman–Crippen MR) is 90.9 cm³/mol. The topological polar surface area (TPSA) is 99.1 Å². The second-order valence-electron chi connectivity index (χ2n) is 5.48. The zero-order valence-electron chi connectivity index (χ0n) is 14.3. The van der Waals surface area contributed by atoms with E-state index in [0.717, 1.165) is 5.56 Å². The van der Waals surface area contributed by atoms with Gasteiger partial charge in [0, 0.05) is 6.54 Å². The summed E-state index contributed by atoms with van der Waals surface area (Å²) in [6, 6.07) is 7.39. The third-order valence-electron chi connectivity index (χ3n) is 3.65. The van der Waals surface area contributed by atoms with Gasteiger partial charge in [0.2, 0.25) is 5.91 Å². The lowest BCUT2D eigenvalue weighted by Crippen LogP contribution is -2.55. The van der Waals surface area contributed by atoms with E-state index in [1.165, 1.54) is 18.8 Å². The molecular formula is C16H25BN2O5. The number of hydrogen-bond donors (Lipinski definition) is 3. The van der Waals surface area contributed by atoms with Crippen LogP contribution in [-0.2, 0) is 20.9 Å². The van der Waals surface area contributed by atoms with Crippen LogP contribution in [0, 0.1) is 0 Å². The number of aliphatic hydroxyl groups is 1. The van der Waals surface area contributed by atoms with Crippen LogP contribution in [0.2, 0.25) is 6.82 Å². The van der Waals surface area contributed by atoms with Crippen molar-refractivity contribution in [3.8, 4) is 0 Å². The van der Waals surface area contributed by atoms with Gasteiger partial charge in [0.05, 0.1) is 19.8 Å². The number of rotatable bonds is 9. The SMILES string of the molecule is CC[C@H](NB(C)O)C(=O)N(Cc1ccccc1)[C@H](CO)C(=O)OC. The maximum absolute atomic E-state index is 12.9. The molecule has 0 saturated heterocycles. The Hall–Kier alpha value is -1.90. The number of nitrogens with zero attached hydrogens (tertiary/aromatic N) is 1. The van der Waals surface area contributed by atoms with Crippen LogP contribution in [0.1, 0.15) is 18.9 Å². The largest absolute Gasteiger partial charge is 0.467 e. The molecule has 2 atom stereocenters. The van der Waals surface area contributed by atoms with Crippen molar-refractivity contribution in [1.82, 2.24) is 10.1 Å². The maximum Gasteiger partial charge on any atom is 0.374 e. The van der Waals surface area contributed by atoms with Crippen LogP contribution in [-0.4, -0.2) is 59.8 Å². The first-order valence-electron chi connectivity index (χ1n) is 7.91. The lowest BCUT2D eigenvalue weighted by atomic mass is 9.86. The quantitative estimate of drug-likeness (QED) is 0.435. The molecule has 3 N–H and O–H groups in total. The second-order valence-corrected chi connectivity index (χ2v) is 5.48. The number of nitrogens with one attached hydrogen (secondary N) is 1. The predicted octanol–water partition coefficient (Wildman–Crippen LogP) is 0.0276. The highest BCUT2D eigenvalue weighted by molar-refractivity contribution is 6.46. The minimum Gasteiger partial charge on any atom is -0.467 e. The van der Waals surface area contributed by atoms with Crippen LogP contribution in [0.5, 0.6) is 0 Å². The van der Waals surface area contributed by atoms with Crippen LogP contribution >= 0.6 is 0 Å². The van der Waals surface area contributed by atoms with Crippen molar-refractivity contribution < 1.29 is 24.5 Å². The third-order valence-corrected chi connectivity index (χ3v) is 3.65. The minimum atomic E-state index is -1.10. The molecule has 1 rings (SSSR count). The Labute approximate surface area is 142 Å². The molecule has 0 aliphatic carbocycles. The van der Waals surface area contributed by atoms with Crippen LogP contribution < -0.4 is 5.23 Å². The van der Waals surface area contributed by atoms with E-state index in [2.05, 4.69) is 5.23 Å². The maximum atomic E-state index is 12.9. The first kappa shape index (κ1) is 20.2. The molecule has 0 spiro atoms. The summed E-state index contributed by atoms with van der Waals surface area (Å²) in [4.78, 5) is 26.1. The van der Waals surface area contributed by atoms with Crippen molar-refractivity contribution in [3.05, 3.63) is 35.9 Å². The molecule has 132 valence electrons. The molecule has 0 aromatic heterocycles. The zero-order valence-corrected chi connectivity index (χ0v) is 14.3. The molecule has 0 heterocycles. The number of ether oxygens (including phenoxy) is 1. The Bertz CT molecular complexity index is 526. The Morgan fingerprint density at radius 1 is 1.33 bits per heavy atom. The fraction of sp³-hybridized carbons (Fsp3) is 0.500. The van der Waals surface area contributed by atoms with Crippen LogP contribution in [0.3, 0.4) is 0 Å². The van der Waals surface area contributed by atoms with Crippen molar-refractivity contribution in [2.24, 2.45) is 0 Å². The van der Waals surface area contributed by atoms with Gasteiger partial charge in [0.1, 0.15) is 0 Å². The lowest BCUT2D eigenvalue weighted by molar-refractivity contribution is -0.156. The molecule has 1 aromatic carbocycles. The summed E-state index contributed by atoms with van der Waals surface area (Å²) < 4.78 is 4.70. The molecule has 0 saturated carbocycles. The Morgan fingerprint density at radius 3 is 2.42 bits per heavy atom. The van der Waals surface area contributed by atoms with E-state index in [4.69, 9.17) is 4.74 Å². The van der Waals surface area contributed by atoms with Gasteiger partial charge in [0.15, 0.2) is 6.04 Å². The van der Waals surface area contributed by atoms with E-state index >= 15 is 0 Å². The monoisotopic (exact) mass is 336 g/mol. The number of benzene rings is 1. The number of methoxy groups -OCH3 is 1. The van der Waals surface area contributed by atoms with Gasteiger partial charge in [-0.2, -0.15) is 0 Å². The van der Waals surface area contributed by atoms with Gasteiger partial charge in [-0.25, -0.2) is 4.79 Å². The Kier molecular flexibility index (Phi) is 8.46. The lowest BCUT2D eigenvalue weighted by Gasteiger charge is -2.32. The van der Waals surface area contributed by atoms with E-state index in [0.29, 0.717) is 6.42 Å². The number of carbonyl (C=O) groups is 2. The highest BCUT2D eigenvalue weighted by Gasteiger charge is 2.34. The molecule has 1 amide bonds. The molecular weight excluding hydrogens is 311 g/mol. The molecule has 7 nitrogen and oxygen atoms in total. The van der Waals surface area contributed by atoms with Crippen molar-refractivity contribution in [2.75, 3.05) is 13.7 Å². The van der Waals surface area contributed by atoms with Crippen molar-refractivity contribution in [2.45, 2.75) is 38.8 Å². The molecule has 0 aliphatic heterocycles. The molecule has 1 aromatic rings. The second kappa shape index (κ2) is 10.1. The number of hydrogen-bond acceptors (Lipinski definition) is 6. The number of carbonyl (C=O) groups excluding carboxylic acids is 2. The van der Waals surface area contributed by atoms with Crippen LogP contribution in [0.4, 0.5) is 0 Å². The van der Waals surface area contributed by atoms with E-state index in [1.54, 1.807) is 6.92 Å². The molecule has 0 radical (unpaired) electrons. The van der Waals surface area contributed by atoms with Gasteiger partial charge >= 0.3 is 13.0 Å². The summed E-state index contributed by atoms with van der Waals surface area (Å²) in [7, 11) is 0.338. The van der Waals surface area contributed by atoms with Gasteiger partial charge in [-0.3, -0.25) is 4.79 Å². The van der Waals surface area contributed by atoms with E-state index in [1.807, 2.05) is 30.3 Å². The summed E-state index contributed by atoms with van der Waals surface area (Å²) in [5, 5.41) is 21.9. The first-order chi connectivity index (χ1) is 11.4.